The first-order valence-electron chi connectivity index (χ1n) is 8.91. The maximum atomic E-state index is 10.2. The van der Waals surface area contributed by atoms with Crippen molar-refractivity contribution in [1.82, 2.24) is 4.90 Å². The summed E-state index contributed by atoms with van der Waals surface area (Å²) in [5.74, 6) is 0.200. The van der Waals surface area contributed by atoms with Gasteiger partial charge in [-0.2, -0.15) is 0 Å². The Bertz CT molecular complexity index is 542. The van der Waals surface area contributed by atoms with Gasteiger partial charge in [-0.15, -0.1) is 0 Å². The Morgan fingerprint density at radius 3 is 1.92 bits per heavy atom. The zero-order valence-electron chi connectivity index (χ0n) is 14.2. The van der Waals surface area contributed by atoms with E-state index in [0.29, 0.717) is 13.2 Å². The van der Waals surface area contributed by atoms with Crippen LogP contribution in [0.5, 0.6) is 0 Å². The molecule has 0 radical (unpaired) electrons. The highest BCUT2D eigenvalue weighted by Gasteiger charge is 2.18. The summed E-state index contributed by atoms with van der Waals surface area (Å²) in [7, 11) is 0. The minimum Gasteiger partial charge on any atom is -0.389 e. The molecular weight excluding hydrogens is 298 g/mol. The van der Waals surface area contributed by atoms with Crippen LogP contribution in [0.4, 0.5) is 0 Å². The van der Waals surface area contributed by atoms with Crippen molar-refractivity contribution in [3.05, 3.63) is 71.8 Å². The maximum Gasteiger partial charge on any atom is 0.0900 e. The van der Waals surface area contributed by atoms with Gasteiger partial charge in [0, 0.05) is 12.5 Å². The minimum atomic E-state index is -0.407. The molecule has 0 aromatic heterocycles. The summed E-state index contributed by atoms with van der Waals surface area (Å²) in [6.07, 6.45) is 2.09. The molecule has 1 fully saturated rings. The van der Waals surface area contributed by atoms with E-state index >= 15 is 0 Å². The van der Waals surface area contributed by atoms with Gasteiger partial charge in [-0.25, -0.2) is 0 Å². The van der Waals surface area contributed by atoms with E-state index in [9.17, 15) is 5.11 Å². The van der Waals surface area contributed by atoms with Gasteiger partial charge in [0.25, 0.3) is 0 Å². The second kappa shape index (κ2) is 8.97. The average molecular weight is 325 g/mol. The highest BCUT2D eigenvalue weighted by molar-refractivity contribution is 5.32. The van der Waals surface area contributed by atoms with Gasteiger partial charge in [0.1, 0.15) is 0 Å². The SMILES string of the molecule is O[C@@H](COCC(c1ccccc1)c1ccccc1)CN1CCCC1. The molecule has 3 rings (SSSR count). The molecule has 1 atom stereocenters. The largest absolute Gasteiger partial charge is 0.389 e. The number of hydrogen-bond donors (Lipinski definition) is 1. The Balaban J connectivity index is 1.56. The van der Waals surface area contributed by atoms with E-state index in [-0.39, 0.29) is 5.92 Å². The Labute approximate surface area is 144 Å². The van der Waals surface area contributed by atoms with Crippen LogP contribution >= 0.6 is 0 Å². The number of likely N-dealkylation sites (tertiary alicyclic amines) is 1. The van der Waals surface area contributed by atoms with E-state index in [1.807, 2.05) is 12.1 Å². The van der Waals surface area contributed by atoms with Crippen LogP contribution in [0, 0.1) is 0 Å². The van der Waals surface area contributed by atoms with E-state index in [1.165, 1.54) is 24.0 Å². The van der Waals surface area contributed by atoms with Crippen molar-refractivity contribution in [2.75, 3.05) is 32.8 Å². The second-order valence-electron chi connectivity index (χ2n) is 6.57. The fourth-order valence-corrected chi connectivity index (χ4v) is 3.39. The Hall–Kier alpha value is -1.68. The van der Waals surface area contributed by atoms with Gasteiger partial charge in [-0.05, 0) is 37.1 Å². The molecule has 2 aromatic rings. The van der Waals surface area contributed by atoms with Crippen LogP contribution in [0.15, 0.2) is 60.7 Å². The molecule has 0 amide bonds. The minimum absolute atomic E-state index is 0.200. The van der Waals surface area contributed by atoms with Gasteiger partial charge in [0.05, 0.1) is 19.3 Å². The third kappa shape index (κ3) is 4.91. The van der Waals surface area contributed by atoms with Crippen molar-refractivity contribution in [1.29, 1.82) is 0 Å². The molecule has 1 aliphatic rings. The highest BCUT2D eigenvalue weighted by Crippen LogP contribution is 2.24. The van der Waals surface area contributed by atoms with Crippen LogP contribution in [-0.2, 0) is 4.74 Å². The Morgan fingerprint density at radius 1 is 0.833 bits per heavy atom. The first-order valence-corrected chi connectivity index (χ1v) is 8.91. The molecule has 1 aliphatic heterocycles. The number of nitrogens with zero attached hydrogens (tertiary/aromatic N) is 1. The fraction of sp³-hybridized carbons (Fsp3) is 0.429. The van der Waals surface area contributed by atoms with Gasteiger partial charge in [0.15, 0.2) is 0 Å². The summed E-state index contributed by atoms with van der Waals surface area (Å²) in [6, 6.07) is 20.9. The molecule has 0 unspecified atom stereocenters. The van der Waals surface area contributed by atoms with E-state index < -0.39 is 6.10 Å². The topological polar surface area (TPSA) is 32.7 Å². The molecule has 0 spiro atoms. The molecule has 2 aromatic carbocycles. The van der Waals surface area contributed by atoms with Crippen molar-refractivity contribution in [3.63, 3.8) is 0 Å². The smallest absolute Gasteiger partial charge is 0.0900 e. The molecule has 3 nitrogen and oxygen atoms in total. The summed E-state index contributed by atoms with van der Waals surface area (Å²) in [6.45, 7) is 3.92. The van der Waals surface area contributed by atoms with Gasteiger partial charge in [0.2, 0.25) is 0 Å². The number of aliphatic hydroxyl groups excluding tert-OH is 1. The summed E-state index contributed by atoms with van der Waals surface area (Å²) in [4.78, 5) is 2.32. The van der Waals surface area contributed by atoms with Crippen LogP contribution in [0.3, 0.4) is 0 Å². The Morgan fingerprint density at radius 2 is 1.38 bits per heavy atom. The molecule has 0 aliphatic carbocycles. The number of aliphatic hydroxyl groups is 1. The van der Waals surface area contributed by atoms with Crippen LogP contribution in [0.1, 0.15) is 29.9 Å². The number of β-amino-alcohol motifs (C(OH)–C–C–N with tert-alkyl or cyclic N) is 1. The third-order valence-electron chi connectivity index (χ3n) is 4.67. The van der Waals surface area contributed by atoms with E-state index in [4.69, 9.17) is 4.74 Å². The maximum absolute atomic E-state index is 10.2. The molecule has 128 valence electrons. The second-order valence-corrected chi connectivity index (χ2v) is 6.57. The normalized spacial score (nSPS) is 16.6. The zero-order chi connectivity index (χ0) is 16.6. The van der Waals surface area contributed by atoms with Gasteiger partial charge < -0.3 is 14.7 Å². The van der Waals surface area contributed by atoms with E-state index in [2.05, 4.69) is 53.4 Å². The predicted molar refractivity (Wildman–Crippen MR) is 97.2 cm³/mol. The zero-order valence-corrected chi connectivity index (χ0v) is 14.2. The van der Waals surface area contributed by atoms with Crippen molar-refractivity contribution < 1.29 is 9.84 Å². The first kappa shape index (κ1) is 17.2. The first-order chi connectivity index (χ1) is 11.8. The molecule has 0 saturated carbocycles. The highest BCUT2D eigenvalue weighted by atomic mass is 16.5. The number of rotatable bonds is 8. The molecule has 1 heterocycles. The molecule has 0 bridgehead atoms. The fourth-order valence-electron chi connectivity index (χ4n) is 3.39. The average Bonchev–Trinajstić information content (AvgIpc) is 3.13. The molecule has 1 N–H and O–H groups in total. The summed E-state index contributed by atoms with van der Waals surface area (Å²) in [5.41, 5.74) is 2.50. The molecular formula is C21H27NO2. The summed E-state index contributed by atoms with van der Waals surface area (Å²) < 4.78 is 5.90. The predicted octanol–water partition coefficient (Wildman–Crippen LogP) is 3.29. The van der Waals surface area contributed by atoms with Crippen molar-refractivity contribution in [3.8, 4) is 0 Å². The number of hydrogen-bond acceptors (Lipinski definition) is 3. The standard InChI is InChI=1S/C21H27NO2/c23-20(15-22-13-7-8-14-22)16-24-17-21(18-9-3-1-4-10-18)19-11-5-2-6-12-19/h1-6,9-12,20-21,23H,7-8,13-17H2/t20-/m1/s1. The van der Waals surface area contributed by atoms with Gasteiger partial charge in [-0.3, -0.25) is 0 Å². The number of benzene rings is 2. The van der Waals surface area contributed by atoms with Crippen LogP contribution in [-0.4, -0.2) is 49.0 Å². The lowest BCUT2D eigenvalue weighted by Gasteiger charge is -2.22. The molecule has 3 heteroatoms. The molecule has 1 saturated heterocycles. The van der Waals surface area contributed by atoms with Crippen LogP contribution in [0.2, 0.25) is 0 Å². The van der Waals surface area contributed by atoms with Crippen LogP contribution < -0.4 is 0 Å². The van der Waals surface area contributed by atoms with Crippen LogP contribution in [0.25, 0.3) is 0 Å². The lowest BCUT2D eigenvalue weighted by Crippen LogP contribution is -2.33. The molecule has 24 heavy (non-hydrogen) atoms. The number of ether oxygens (including phenoxy) is 1. The summed E-state index contributed by atoms with van der Waals surface area (Å²) in [5, 5.41) is 10.2. The van der Waals surface area contributed by atoms with Gasteiger partial charge >= 0.3 is 0 Å². The Kier molecular flexibility index (Phi) is 6.41. The van der Waals surface area contributed by atoms with E-state index in [1.54, 1.807) is 0 Å². The monoisotopic (exact) mass is 325 g/mol. The lowest BCUT2D eigenvalue weighted by molar-refractivity contribution is 0.0180. The quantitative estimate of drug-likeness (QED) is 0.808. The summed E-state index contributed by atoms with van der Waals surface area (Å²) >= 11 is 0. The third-order valence-corrected chi connectivity index (χ3v) is 4.67. The van der Waals surface area contributed by atoms with Crippen molar-refractivity contribution in [2.24, 2.45) is 0 Å². The lowest BCUT2D eigenvalue weighted by atomic mass is 9.92. The van der Waals surface area contributed by atoms with E-state index in [0.717, 1.165) is 19.6 Å². The van der Waals surface area contributed by atoms with Crippen molar-refractivity contribution in [2.45, 2.75) is 24.9 Å². The van der Waals surface area contributed by atoms with Crippen molar-refractivity contribution >= 4 is 0 Å². The van der Waals surface area contributed by atoms with Gasteiger partial charge in [-0.1, -0.05) is 60.7 Å².